The monoisotopic (exact) mass is 270 g/mol. The topological polar surface area (TPSA) is 77.8 Å². The third-order valence-corrected chi connectivity index (χ3v) is 3.25. The van der Waals surface area contributed by atoms with E-state index in [2.05, 4.69) is 21.5 Å². The number of carbonyl (C=O) groups excluding carboxylic acids is 1. The van der Waals surface area contributed by atoms with Crippen LogP contribution in [0.25, 0.3) is 10.2 Å². The summed E-state index contributed by atoms with van der Waals surface area (Å²) in [6.07, 6.45) is 5.04. The summed E-state index contributed by atoms with van der Waals surface area (Å²) in [7, 11) is 0. The Morgan fingerprint density at radius 3 is 3.11 bits per heavy atom. The summed E-state index contributed by atoms with van der Waals surface area (Å²) in [5.74, 6) is 2.17. The van der Waals surface area contributed by atoms with Crippen molar-refractivity contribution in [2.75, 3.05) is 18.4 Å². The van der Waals surface area contributed by atoms with E-state index >= 15 is 0 Å². The molecule has 1 heterocycles. The van der Waals surface area contributed by atoms with Gasteiger partial charge in [0.15, 0.2) is 5.01 Å². The Balaban J connectivity index is 2.04. The van der Waals surface area contributed by atoms with Crippen LogP contribution in [0.1, 0.15) is 5.01 Å². The normalized spacial score (nSPS) is 9.58. The van der Waals surface area contributed by atoms with Crippen molar-refractivity contribution in [3.63, 3.8) is 0 Å². The number of hydrogen-bond donors (Lipinski definition) is 2. The van der Waals surface area contributed by atoms with E-state index in [4.69, 9.17) is 11.7 Å². The van der Waals surface area contributed by atoms with Crippen molar-refractivity contribution in [3.8, 4) is 18.4 Å². The highest BCUT2D eigenvalue weighted by Crippen LogP contribution is 2.24. The van der Waals surface area contributed by atoms with Gasteiger partial charge in [-0.1, -0.05) is 5.92 Å². The van der Waals surface area contributed by atoms with Gasteiger partial charge in [-0.2, -0.15) is 5.26 Å². The molecule has 5 nitrogen and oxygen atoms in total. The maximum atomic E-state index is 11.4. The second-order valence-corrected chi connectivity index (χ2v) is 4.68. The van der Waals surface area contributed by atoms with Crippen LogP contribution in [0.3, 0.4) is 0 Å². The smallest absolute Gasteiger partial charge is 0.240 e. The molecule has 2 aromatic rings. The van der Waals surface area contributed by atoms with Crippen molar-refractivity contribution in [2.45, 2.75) is 0 Å². The second kappa shape index (κ2) is 5.85. The van der Waals surface area contributed by atoms with Crippen molar-refractivity contribution in [2.24, 2.45) is 0 Å². The van der Waals surface area contributed by atoms with E-state index in [9.17, 15) is 4.79 Å². The molecule has 0 aliphatic carbocycles. The first-order valence-electron chi connectivity index (χ1n) is 5.47. The molecule has 0 aliphatic heterocycles. The highest BCUT2D eigenvalue weighted by Gasteiger charge is 2.05. The van der Waals surface area contributed by atoms with Crippen molar-refractivity contribution < 1.29 is 4.79 Å². The molecule has 2 rings (SSSR count). The number of nitrogens with zero attached hydrogens (tertiary/aromatic N) is 2. The zero-order valence-corrected chi connectivity index (χ0v) is 10.8. The second-order valence-electron chi connectivity index (χ2n) is 3.65. The molecular weight excluding hydrogens is 260 g/mol. The quantitative estimate of drug-likeness (QED) is 0.822. The van der Waals surface area contributed by atoms with Crippen molar-refractivity contribution >= 4 is 33.1 Å². The lowest BCUT2D eigenvalue weighted by Crippen LogP contribution is -2.29. The van der Waals surface area contributed by atoms with Crippen LogP contribution in [0.2, 0.25) is 0 Å². The first-order chi connectivity index (χ1) is 9.22. The number of aromatic nitrogens is 1. The Hall–Kier alpha value is -2.57. The highest BCUT2D eigenvalue weighted by molar-refractivity contribution is 7.19. The molecular formula is C13H10N4OS. The van der Waals surface area contributed by atoms with E-state index in [1.807, 2.05) is 24.3 Å². The third-order valence-electron chi connectivity index (χ3n) is 2.32. The van der Waals surface area contributed by atoms with Gasteiger partial charge in [0.1, 0.15) is 6.07 Å². The summed E-state index contributed by atoms with van der Waals surface area (Å²) in [6.45, 7) is 0.372. The van der Waals surface area contributed by atoms with Gasteiger partial charge in [-0.25, -0.2) is 4.98 Å². The fraction of sp³-hybridized carbons (Fsp3) is 0.154. The molecule has 0 spiro atoms. The van der Waals surface area contributed by atoms with Crippen molar-refractivity contribution in [1.29, 1.82) is 5.26 Å². The Labute approximate surface area is 114 Å². The van der Waals surface area contributed by atoms with Gasteiger partial charge < -0.3 is 10.6 Å². The van der Waals surface area contributed by atoms with Crippen LogP contribution < -0.4 is 10.6 Å². The summed E-state index contributed by atoms with van der Waals surface area (Å²) in [5, 5.41) is 14.8. The third kappa shape index (κ3) is 3.21. The fourth-order valence-corrected chi connectivity index (χ4v) is 2.28. The number of nitrogens with one attached hydrogen (secondary N) is 2. The van der Waals surface area contributed by atoms with Gasteiger partial charge in [0.25, 0.3) is 0 Å². The van der Waals surface area contributed by atoms with Gasteiger partial charge in [0, 0.05) is 5.69 Å². The number of terminal acetylenes is 1. The molecule has 2 N–H and O–H groups in total. The lowest BCUT2D eigenvalue weighted by molar-refractivity contribution is -0.119. The molecule has 0 radical (unpaired) electrons. The summed E-state index contributed by atoms with van der Waals surface area (Å²) < 4.78 is 0.908. The van der Waals surface area contributed by atoms with E-state index in [0.29, 0.717) is 5.01 Å². The Bertz CT molecular complexity index is 693. The SMILES string of the molecule is C#CCNC(=O)CNc1ccc2nc(C#N)sc2c1. The number of amides is 1. The molecule has 0 saturated heterocycles. The number of carbonyl (C=O) groups is 1. The van der Waals surface area contributed by atoms with E-state index < -0.39 is 0 Å². The lowest BCUT2D eigenvalue weighted by atomic mass is 10.3. The average molecular weight is 270 g/mol. The maximum absolute atomic E-state index is 11.4. The number of thiazole rings is 1. The van der Waals surface area contributed by atoms with Crippen LogP contribution in [0.5, 0.6) is 0 Å². The van der Waals surface area contributed by atoms with Crippen LogP contribution in [0.15, 0.2) is 18.2 Å². The number of benzene rings is 1. The Kier molecular flexibility index (Phi) is 3.97. The van der Waals surface area contributed by atoms with Gasteiger partial charge in [-0.3, -0.25) is 4.79 Å². The summed E-state index contributed by atoms with van der Waals surface area (Å²) in [5.41, 5.74) is 1.58. The molecule has 0 atom stereocenters. The summed E-state index contributed by atoms with van der Waals surface area (Å²) in [4.78, 5) is 15.5. The maximum Gasteiger partial charge on any atom is 0.240 e. The predicted octanol–water partition coefficient (Wildman–Crippen LogP) is 1.33. The number of fused-ring (bicyclic) bond motifs is 1. The highest BCUT2D eigenvalue weighted by atomic mass is 32.1. The zero-order chi connectivity index (χ0) is 13.7. The minimum absolute atomic E-state index is 0.150. The number of rotatable bonds is 4. The van der Waals surface area contributed by atoms with Crippen LogP contribution in [-0.2, 0) is 4.79 Å². The van der Waals surface area contributed by atoms with E-state index in [1.54, 1.807) is 0 Å². The van der Waals surface area contributed by atoms with E-state index in [1.165, 1.54) is 11.3 Å². The Morgan fingerprint density at radius 2 is 2.37 bits per heavy atom. The van der Waals surface area contributed by atoms with E-state index in [-0.39, 0.29) is 19.0 Å². The molecule has 1 amide bonds. The van der Waals surface area contributed by atoms with Crippen LogP contribution >= 0.6 is 11.3 Å². The molecule has 0 unspecified atom stereocenters. The molecule has 94 valence electrons. The molecule has 0 aliphatic rings. The van der Waals surface area contributed by atoms with Crippen LogP contribution in [0, 0.1) is 23.7 Å². The molecule has 0 bridgehead atoms. The molecule has 19 heavy (non-hydrogen) atoms. The molecule has 1 aromatic carbocycles. The number of anilines is 1. The molecule has 0 fully saturated rings. The number of hydrogen-bond acceptors (Lipinski definition) is 5. The standard InChI is InChI=1S/C13H10N4OS/c1-2-5-15-12(18)8-16-9-3-4-10-11(6-9)19-13(7-14)17-10/h1,3-4,6,16H,5,8H2,(H,15,18). The van der Waals surface area contributed by atoms with Crippen LogP contribution in [-0.4, -0.2) is 24.0 Å². The number of nitriles is 1. The summed E-state index contributed by atoms with van der Waals surface area (Å²) >= 11 is 1.32. The summed E-state index contributed by atoms with van der Waals surface area (Å²) in [6, 6.07) is 7.51. The Morgan fingerprint density at radius 1 is 1.53 bits per heavy atom. The molecule has 1 aromatic heterocycles. The first-order valence-corrected chi connectivity index (χ1v) is 6.29. The molecule has 6 heteroatoms. The van der Waals surface area contributed by atoms with Gasteiger partial charge in [-0.15, -0.1) is 17.8 Å². The van der Waals surface area contributed by atoms with Crippen molar-refractivity contribution in [1.82, 2.24) is 10.3 Å². The average Bonchev–Trinajstić information content (AvgIpc) is 2.85. The van der Waals surface area contributed by atoms with Gasteiger partial charge >= 0.3 is 0 Å². The van der Waals surface area contributed by atoms with Crippen molar-refractivity contribution in [3.05, 3.63) is 23.2 Å². The van der Waals surface area contributed by atoms with Gasteiger partial charge in [0.05, 0.1) is 23.3 Å². The first kappa shape index (κ1) is 12.9. The largest absolute Gasteiger partial charge is 0.376 e. The van der Waals surface area contributed by atoms with Gasteiger partial charge in [-0.05, 0) is 18.2 Å². The zero-order valence-electron chi connectivity index (χ0n) is 9.93. The van der Waals surface area contributed by atoms with Gasteiger partial charge in [0.2, 0.25) is 5.91 Å². The predicted molar refractivity (Wildman–Crippen MR) is 74.7 cm³/mol. The van der Waals surface area contributed by atoms with E-state index in [0.717, 1.165) is 15.9 Å². The fourth-order valence-electron chi connectivity index (χ4n) is 1.48. The lowest BCUT2D eigenvalue weighted by Gasteiger charge is -2.05. The molecule has 0 saturated carbocycles. The van der Waals surface area contributed by atoms with Crippen LogP contribution in [0.4, 0.5) is 5.69 Å². The minimum Gasteiger partial charge on any atom is -0.376 e. The minimum atomic E-state index is -0.167.